The summed E-state index contributed by atoms with van der Waals surface area (Å²) in [5, 5.41) is 8.60. The van der Waals surface area contributed by atoms with Crippen molar-refractivity contribution in [2.24, 2.45) is 0 Å². The summed E-state index contributed by atoms with van der Waals surface area (Å²) < 4.78 is 27.0. The lowest BCUT2D eigenvalue weighted by Crippen LogP contribution is -2.13. The van der Waals surface area contributed by atoms with Crippen LogP contribution in [-0.2, 0) is 16.4 Å². The SMILES string of the molecule is Cc1ccc(NS(=O)(=O)c2ccc(CC#N)cc2)cc1N. The molecule has 21 heavy (non-hydrogen) atoms. The summed E-state index contributed by atoms with van der Waals surface area (Å²) in [6.45, 7) is 1.85. The molecule has 6 heteroatoms. The summed E-state index contributed by atoms with van der Waals surface area (Å²) in [7, 11) is -3.66. The van der Waals surface area contributed by atoms with E-state index < -0.39 is 10.0 Å². The van der Waals surface area contributed by atoms with Crippen molar-refractivity contribution in [1.29, 1.82) is 5.26 Å². The van der Waals surface area contributed by atoms with Crippen LogP contribution in [-0.4, -0.2) is 8.42 Å². The highest BCUT2D eigenvalue weighted by atomic mass is 32.2. The molecule has 0 aliphatic rings. The molecule has 0 atom stereocenters. The van der Waals surface area contributed by atoms with Gasteiger partial charge in [-0.15, -0.1) is 0 Å². The molecule has 5 nitrogen and oxygen atoms in total. The summed E-state index contributed by atoms with van der Waals surface area (Å²) in [5.74, 6) is 0. The fraction of sp³-hybridized carbons (Fsp3) is 0.133. The average molecular weight is 301 g/mol. The molecule has 0 unspecified atom stereocenters. The summed E-state index contributed by atoms with van der Waals surface area (Å²) in [6, 6.07) is 13.2. The Hall–Kier alpha value is -2.52. The Morgan fingerprint density at radius 2 is 1.86 bits per heavy atom. The molecule has 0 radical (unpaired) electrons. The zero-order valence-electron chi connectivity index (χ0n) is 11.5. The van der Waals surface area contributed by atoms with E-state index in [4.69, 9.17) is 11.0 Å². The van der Waals surface area contributed by atoms with Gasteiger partial charge in [-0.1, -0.05) is 18.2 Å². The maximum absolute atomic E-state index is 12.3. The Bertz CT molecular complexity index is 791. The highest BCUT2D eigenvalue weighted by Gasteiger charge is 2.14. The number of sulfonamides is 1. The van der Waals surface area contributed by atoms with Crippen molar-refractivity contribution < 1.29 is 8.42 Å². The van der Waals surface area contributed by atoms with E-state index >= 15 is 0 Å². The van der Waals surface area contributed by atoms with E-state index in [2.05, 4.69) is 4.72 Å². The normalized spacial score (nSPS) is 10.9. The first-order valence-corrected chi connectivity index (χ1v) is 7.75. The third-order valence-electron chi connectivity index (χ3n) is 3.05. The van der Waals surface area contributed by atoms with Crippen LogP contribution < -0.4 is 10.5 Å². The van der Waals surface area contributed by atoms with Gasteiger partial charge in [-0.2, -0.15) is 5.26 Å². The molecule has 0 saturated carbocycles. The quantitative estimate of drug-likeness (QED) is 0.848. The zero-order valence-corrected chi connectivity index (χ0v) is 12.3. The van der Waals surface area contributed by atoms with Crippen LogP contribution in [0.1, 0.15) is 11.1 Å². The van der Waals surface area contributed by atoms with Gasteiger partial charge < -0.3 is 5.73 Å². The lowest BCUT2D eigenvalue weighted by Gasteiger charge is -2.10. The number of hydrogen-bond donors (Lipinski definition) is 2. The van der Waals surface area contributed by atoms with Crippen LogP contribution in [0.2, 0.25) is 0 Å². The van der Waals surface area contributed by atoms with Crippen molar-refractivity contribution in [2.45, 2.75) is 18.2 Å². The van der Waals surface area contributed by atoms with Gasteiger partial charge in [0.15, 0.2) is 0 Å². The van der Waals surface area contributed by atoms with Gasteiger partial charge in [-0.05, 0) is 42.3 Å². The van der Waals surface area contributed by atoms with E-state index in [-0.39, 0.29) is 11.3 Å². The molecule has 0 aliphatic heterocycles. The summed E-state index contributed by atoms with van der Waals surface area (Å²) in [5.41, 5.74) is 8.37. The second-order valence-corrected chi connectivity index (χ2v) is 6.34. The zero-order chi connectivity index (χ0) is 15.5. The molecular weight excluding hydrogens is 286 g/mol. The first-order valence-electron chi connectivity index (χ1n) is 6.27. The first kappa shape index (κ1) is 14.9. The van der Waals surface area contributed by atoms with Crippen molar-refractivity contribution in [3.8, 4) is 6.07 Å². The monoisotopic (exact) mass is 301 g/mol. The minimum atomic E-state index is -3.66. The maximum atomic E-state index is 12.3. The largest absolute Gasteiger partial charge is 0.398 e. The lowest BCUT2D eigenvalue weighted by atomic mass is 10.2. The van der Waals surface area contributed by atoms with Gasteiger partial charge in [0, 0.05) is 5.69 Å². The van der Waals surface area contributed by atoms with Crippen LogP contribution in [0.15, 0.2) is 47.4 Å². The van der Waals surface area contributed by atoms with E-state index in [1.807, 2.05) is 13.0 Å². The van der Waals surface area contributed by atoms with Crippen LogP contribution in [0.4, 0.5) is 11.4 Å². The Morgan fingerprint density at radius 1 is 1.19 bits per heavy atom. The van der Waals surface area contributed by atoms with Crippen LogP contribution in [0, 0.1) is 18.3 Å². The third-order valence-corrected chi connectivity index (χ3v) is 4.45. The Morgan fingerprint density at radius 3 is 2.43 bits per heavy atom. The topological polar surface area (TPSA) is 96.0 Å². The Balaban J connectivity index is 2.25. The van der Waals surface area contributed by atoms with Gasteiger partial charge in [-0.3, -0.25) is 4.72 Å². The summed E-state index contributed by atoms with van der Waals surface area (Å²) in [6.07, 6.45) is 0.252. The number of benzene rings is 2. The highest BCUT2D eigenvalue weighted by Crippen LogP contribution is 2.21. The number of nitrogens with one attached hydrogen (secondary N) is 1. The molecule has 0 fully saturated rings. The molecule has 108 valence electrons. The minimum absolute atomic E-state index is 0.142. The summed E-state index contributed by atoms with van der Waals surface area (Å²) in [4.78, 5) is 0.142. The predicted molar refractivity (Wildman–Crippen MR) is 82.2 cm³/mol. The molecule has 2 aromatic carbocycles. The number of nitriles is 1. The van der Waals surface area contributed by atoms with Crippen molar-refractivity contribution in [3.63, 3.8) is 0 Å². The van der Waals surface area contributed by atoms with Crippen molar-refractivity contribution >= 4 is 21.4 Å². The molecule has 0 saturated heterocycles. The molecule has 0 amide bonds. The predicted octanol–water partition coefficient (Wildman–Crippen LogP) is 2.44. The number of anilines is 2. The molecule has 2 rings (SSSR count). The molecule has 0 bridgehead atoms. The van der Waals surface area contributed by atoms with Crippen molar-refractivity contribution in [2.75, 3.05) is 10.5 Å². The maximum Gasteiger partial charge on any atom is 0.261 e. The molecule has 0 aliphatic carbocycles. The highest BCUT2D eigenvalue weighted by molar-refractivity contribution is 7.92. The standard InChI is InChI=1S/C15H15N3O2S/c1-11-2-5-13(10-15(11)17)18-21(19,20)14-6-3-12(4-7-14)8-9-16/h2-7,10,18H,8,17H2,1H3. The number of hydrogen-bond acceptors (Lipinski definition) is 4. The van der Waals surface area contributed by atoms with E-state index in [1.54, 1.807) is 30.3 Å². The van der Waals surface area contributed by atoms with Crippen molar-refractivity contribution in [1.82, 2.24) is 0 Å². The third kappa shape index (κ3) is 3.52. The van der Waals surface area contributed by atoms with Crippen LogP contribution in [0.5, 0.6) is 0 Å². The van der Waals surface area contributed by atoms with Crippen molar-refractivity contribution in [3.05, 3.63) is 53.6 Å². The molecule has 2 aromatic rings. The number of nitrogens with two attached hydrogens (primary N) is 1. The Kier molecular flexibility index (Phi) is 4.15. The molecule has 0 aromatic heterocycles. The molecule has 0 heterocycles. The number of nitrogens with zero attached hydrogens (tertiary/aromatic N) is 1. The molecule has 0 spiro atoms. The number of rotatable bonds is 4. The first-order chi connectivity index (χ1) is 9.92. The van der Waals surface area contributed by atoms with E-state index in [0.29, 0.717) is 11.4 Å². The van der Waals surface area contributed by atoms with Crippen LogP contribution in [0.25, 0.3) is 0 Å². The molecular formula is C15H15N3O2S. The number of aryl methyl sites for hydroxylation is 1. The smallest absolute Gasteiger partial charge is 0.261 e. The van der Waals surface area contributed by atoms with Gasteiger partial charge in [-0.25, -0.2) is 8.42 Å². The number of nitrogen functional groups attached to an aromatic ring is 1. The summed E-state index contributed by atoms with van der Waals surface area (Å²) >= 11 is 0. The van der Waals surface area contributed by atoms with Gasteiger partial charge in [0.05, 0.1) is 23.1 Å². The Labute approximate surface area is 124 Å². The van der Waals surface area contributed by atoms with Gasteiger partial charge in [0.2, 0.25) is 0 Å². The average Bonchev–Trinajstić information content (AvgIpc) is 2.44. The second-order valence-electron chi connectivity index (χ2n) is 4.66. The second kappa shape index (κ2) is 5.85. The van der Waals surface area contributed by atoms with Gasteiger partial charge in [0.1, 0.15) is 0 Å². The van der Waals surface area contributed by atoms with E-state index in [9.17, 15) is 8.42 Å². The molecule has 3 N–H and O–H groups in total. The fourth-order valence-corrected chi connectivity index (χ4v) is 2.85. The lowest BCUT2D eigenvalue weighted by molar-refractivity contribution is 0.601. The van der Waals surface area contributed by atoms with E-state index in [1.165, 1.54) is 12.1 Å². The fourth-order valence-electron chi connectivity index (χ4n) is 1.80. The van der Waals surface area contributed by atoms with Crippen LogP contribution >= 0.6 is 0 Å². The van der Waals surface area contributed by atoms with Gasteiger partial charge >= 0.3 is 0 Å². The van der Waals surface area contributed by atoms with Crippen LogP contribution in [0.3, 0.4) is 0 Å². The minimum Gasteiger partial charge on any atom is -0.398 e. The van der Waals surface area contributed by atoms with E-state index in [0.717, 1.165) is 11.1 Å². The van der Waals surface area contributed by atoms with Gasteiger partial charge in [0.25, 0.3) is 10.0 Å².